The number of piperazine rings is 1. The van der Waals surface area contributed by atoms with Crippen LogP contribution in [-0.2, 0) is 6.42 Å². The van der Waals surface area contributed by atoms with Crippen LogP contribution < -0.4 is 4.90 Å². The monoisotopic (exact) mass is 388 g/mol. The maximum atomic E-state index is 9.68. The lowest BCUT2D eigenvalue weighted by atomic mass is 9.91. The first-order valence-corrected chi connectivity index (χ1v) is 11.4. The molecule has 1 atom stereocenters. The second-order valence-electron chi connectivity index (χ2n) is 8.01. The van der Waals surface area contributed by atoms with Crippen molar-refractivity contribution in [1.82, 2.24) is 14.9 Å². The lowest BCUT2D eigenvalue weighted by Gasteiger charge is -2.46. The summed E-state index contributed by atoms with van der Waals surface area (Å²) in [7, 11) is 0. The van der Waals surface area contributed by atoms with Crippen LogP contribution in [0.1, 0.15) is 55.9 Å². The Morgan fingerprint density at radius 3 is 2.74 bits per heavy atom. The minimum atomic E-state index is 0.263. The van der Waals surface area contributed by atoms with Gasteiger partial charge in [0.1, 0.15) is 17.0 Å². The van der Waals surface area contributed by atoms with Crippen LogP contribution >= 0.6 is 11.3 Å². The summed E-state index contributed by atoms with van der Waals surface area (Å²) in [6.45, 7) is 7.74. The lowest BCUT2D eigenvalue weighted by molar-refractivity contribution is 0.0757. The molecule has 0 radical (unpaired) electrons. The standard InChI is InChI=1S/C21H32N4OS/c1-3-18-15(2)27-21-19(18)20(22-14-23-21)24-10-11-25(17(13-24)9-12-26)16-7-5-4-6-8-16/h14,16-17,26H,3-13H2,1-2H3. The van der Waals surface area contributed by atoms with Crippen molar-refractivity contribution in [2.45, 2.75) is 70.9 Å². The quantitative estimate of drug-likeness (QED) is 0.845. The van der Waals surface area contributed by atoms with Crippen LogP contribution in [0.25, 0.3) is 10.2 Å². The summed E-state index contributed by atoms with van der Waals surface area (Å²) >= 11 is 1.79. The average Bonchev–Trinajstić information content (AvgIpc) is 3.04. The Balaban J connectivity index is 1.61. The summed E-state index contributed by atoms with van der Waals surface area (Å²) in [6, 6.07) is 1.12. The van der Waals surface area contributed by atoms with Gasteiger partial charge in [-0.05, 0) is 38.2 Å². The number of nitrogens with zero attached hydrogens (tertiary/aromatic N) is 4. The zero-order chi connectivity index (χ0) is 18.8. The van der Waals surface area contributed by atoms with Gasteiger partial charge in [0.05, 0.1) is 5.39 Å². The number of fused-ring (bicyclic) bond motifs is 1. The van der Waals surface area contributed by atoms with Crippen molar-refractivity contribution in [3.8, 4) is 0 Å². The van der Waals surface area contributed by atoms with Crippen LogP contribution in [0.5, 0.6) is 0 Å². The van der Waals surface area contributed by atoms with Gasteiger partial charge in [0.2, 0.25) is 0 Å². The van der Waals surface area contributed by atoms with Crippen molar-refractivity contribution in [3.05, 3.63) is 16.8 Å². The topological polar surface area (TPSA) is 52.5 Å². The van der Waals surface area contributed by atoms with E-state index in [1.54, 1.807) is 17.7 Å². The van der Waals surface area contributed by atoms with Gasteiger partial charge >= 0.3 is 0 Å². The number of rotatable bonds is 5. The maximum absolute atomic E-state index is 9.68. The molecule has 2 aromatic heterocycles. The molecule has 2 aliphatic rings. The number of aliphatic hydroxyl groups is 1. The molecule has 3 heterocycles. The van der Waals surface area contributed by atoms with E-state index in [1.807, 2.05) is 0 Å². The van der Waals surface area contributed by atoms with Crippen LogP contribution in [0, 0.1) is 6.92 Å². The Labute approximate surface area is 166 Å². The number of thiophene rings is 1. The molecule has 2 aromatic rings. The first-order chi connectivity index (χ1) is 13.2. The van der Waals surface area contributed by atoms with Gasteiger partial charge in [-0.2, -0.15) is 0 Å². The number of aliphatic hydroxyl groups excluding tert-OH is 1. The van der Waals surface area contributed by atoms with Crippen molar-refractivity contribution < 1.29 is 5.11 Å². The second kappa shape index (κ2) is 8.41. The van der Waals surface area contributed by atoms with Gasteiger partial charge < -0.3 is 10.0 Å². The molecule has 1 saturated heterocycles. The highest BCUT2D eigenvalue weighted by molar-refractivity contribution is 7.18. The van der Waals surface area contributed by atoms with Gasteiger partial charge in [0, 0.05) is 43.2 Å². The largest absolute Gasteiger partial charge is 0.396 e. The van der Waals surface area contributed by atoms with E-state index in [0.717, 1.165) is 43.1 Å². The minimum Gasteiger partial charge on any atom is -0.396 e. The summed E-state index contributed by atoms with van der Waals surface area (Å²) in [6.07, 6.45) is 10.3. The third-order valence-corrected chi connectivity index (χ3v) is 7.51. The second-order valence-corrected chi connectivity index (χ2v) is 9.21. The Kier molecular flexibility index (Phi) is 5.95. The predicted octanol–water partition coefficient (Wildman–Crippen LogP) is 3.77. The zero-order valence-electron chi connectivity index (χ0n) is 16.7. The average molecular weight is 389 g/mol. The highest BCUT2D eigenvalue weighted by atomic mass is 32.1. The fourth-order valence-electron chi connectivity index (χ4n) is 5.11. The molecule has 0 bridgehead atoms. The van der Waals surface area contributed by atoms with Gasteiger partial charge in [-0.15, -0.1) is 11.3 Å². The van der Waals surface area contributed by atoms with Crippen molar-refractivity contribution in [2.75, 3.05) is 31.1 Å². The Morgan fingerprint density at radius 1 is 1.19 bits per heavy atom. The molecule has 1 saturated carbocycles. The highest BCUT2D eigenvalue weighted by Gasteiger charge is 2.33. The molecule has 1 N–H and O–H groups in total. The number of aryl methyl sites for hydroxylation is 2. The normalized spacial score (nSPS) is 22.6. The minimum absolute atomic E-state index is 0.263. The summed E-state index contributed by atoms with van der Waals surface area (Å²) in [5.41, 5.74) is 1.40. The van der Waals surface area contributed by atoms with Crippen LogP contribution in [-0.4, -0.2) is 58.3 Å². The molecular weight excluding hydrogens is 356 g/mol. The molecule has 1 aliphatic carbocycles. The van der Waals surface area contributed by atoms with Crippen molar-refractivity contribution >= 4 is 27.4 Å². The molecule has 2 fully saturated rings. The van der Waals surface area contributed by atoms with Gasteiger partial charge in [-0.25, -0.2) is 9.97 Å². The van der Waals surface area contributed by atoms with E-state index in [1.165, 1.54) is 47.9 Å². The van der Waals surface area contributed by atoms with Crippen LogP contribution in [0.3, 0.4) is 0 Å². The van der Waals surface area contributed by atoms with Gasteiger partial charge in [0.15, 0.2) is 0 Å². The van der Waals surface area contributed by atoms with Crippen molar-refractivity contribution in [3.63, 3.8) is 0 Å². The third kappa shape index (κ3) is 3.71. The molecule has 0 spiro atoms. The zero-order valence-corrected chi connectivity index (χ0v) is 17.5. The number of anilines is 1. The van der Waals surface area contributed by atoms with Crippen molar-refractivity contribution in [1.29, 1.82) is 0 Å². The Hall–Kier alpha value is -1.24. The molecule has 1 unspecified atom stereocenters. The molecule has 5 nitrogen and oxygen atoms in total. The molecule has 4 rings (SSSR count). The number of aromatic nitrogens is 2. The summed E-state index contributed by atoms with van der Waals surface area (Å²) in [5.74, 6) is 1.10. The summed E-state index contributed by atoms with van der Waals surface area (Å²) < 4.78 is 0. The predicted molar refractivity (Wildman–Crippen MR) is 113 cm³/mol. The molecule has 27 heavy (non-hydrogen) atoms. The van der Waals surface area contributed by atoms with Gasteiger partial charge in [-0.3, -0.25) is 4.90 Å². The van der Waals surface area contributed by atoms with E-state index in [2.05, 4.69) is 28.6 Å². The Bertz CT molecular complexity index is 771. The smallest absolute Gasteiger partial charge is 0.141 e. The van der Waals surface area contributed by atoms with Crippen LogP contribution in [0.15, 0.2) is 6.33 Å². The molecular formula is C21H32N4OS. The molecule has 148 valence electrons. The maximum Gasteiger partial charge on any atom is 0.141 e. The van der Waals surface area contributed by atoms with E-state index in [0.29, 0.717) is 12.1 Å². The lowest BCUT2D eigenvalue weighted by Crippen LogP contribution is -2.57. The van der Waals surface area contributed by atoms with Gasteiger partial charge in [0.25, 0.3) is 0 Å². The fraction of sp³-hybridized carbons (Fsp3) is 0.714. The summed E-state index contributed by atoms with van der Waals surface area (Å²) in [4.78, 5) is 16.9. The van der Waals surface area contributed by atoms with Crippen LogP contribution in [0.4, 0.5) is 5.82 Å². The third-order valence-electron chi connectivity index (χ3n) is 6.46. The van der Waals surface area contributed by atoms with E-state index in [-0.39, 0.29) is 6.61 Å². The van der Waals surface area contributed by atoms with Crippen molar-refractivity contribution in [2.24, 2.45) is 0 Å². The SMILES string of the molecule is CCc1c(C)sc2ncnc(N3CCN(C4CCCCC4)C(CCO)C3)c12. The number of hydrogen-bond donors (Lipinski definition) is 1. The first-order valence-electron chi connectivity index (χ1n) is 10.6. The van der Waals surface area contributed by atoms with E-state index >= 15 is 0 Å². The summed E-state index contributed by atoms with van der Waals surface area (Å²) in [5, 5.41) is 10.9. The Morgan fingerprint density at radius 2 is 2.00 bits per heavy atom. The van der Waals surface area contributed by atoms with E-state index < -0.39 is 0 Å². The molecule has 0 amide bonds. The van der Waals surface area contributed by atoms with E-state index in [4.69, 9.17) is 4.98 Å². The van der Waals surface area contributed by atoms with Crippen LogP contribution in [0.2, 0.25) is 0 Å². The van der Waals surface area contributed by atoms with Gasteiger partial charge in [-0.1, -0.05) is 26.2 Å². The molecule has 6 heteroatoms. The highest BCUT2D eigenvalue weighted by Crippen LogP contribution is 2.36. The fourth-order valence-corrected chi connectivity index (χ4v) is 6.19. The number of hydrogen-bond acceptors (Lipinski definition) is 6. The first kappa shape index (κ1) is 19.1. The van der Waals surface area contributed by atoms with E-state index in [9.17, 15) is 5.11 Å². The molecule has 1 aliphatic heterocycles. The molecule has 0 aromatic carbocycles.